The van der Waals surface area contributed by atoms with Gasteiger partial charge in [-0.3, -0.25) is 14.4 Å². The van der Waals surface area contributed by atoms with E-state index in [1.807, 2.05) is 0 Å². The van der Waals surface area contributed by atoms with Crippen LogP contribution in [0.2, 0.25) is 0 Å². The van der Waals surface area contributed by atoms with Crippen molar-refractivity contribution in [3.63, 3.8) is 0 Å². The number of unbranched alkanes of at least 4 members (excludes halogenated alkanes) is 13. The second kappa shape index (κ2) is 32.1. The summed E-state index contributed by atoms with van der Waals surface area (Å²) in [5, 5.41) is 69.3. The summed E-state index contributed by atoms with van der Waals surface area (Å²) in [4.78, 5) is 60.8. The van der Waals surface area contributed by atoms with Crippen molar-refractivity contribution in [1.82, 2.24) is 0 Å². The van der Waals surface area contributed by atoms with Gasteiger partial charge in [0, 0.05) is 12.4 Å². The van der Waals surface area contributed by atoms with Crippen LogP contribution in [0.4, 0.5) is 0 Å². The molecule has 0 aromatic rings. The smallest absolute Gasteiger partial charge is 0.550 e. The molecule has 0 rings (SSSR count). The number of aliphatic carboxylic acids is 6. The minimum atomic E-state index is -2.80. The molecule has 15 nitrogen and oxygen atoms in total. The van der Waals surface area contributed by atoms with Gasteiger partial charge in [0.25, 0.3) is 0 Å². The van der Waals surface area contributed by atoms with Crippen LogP contribution in [-0.4, -0.2) is 89.3 Å². The van der Waals surface area contributed by atoms with Crippen LogP contribution >= 0.6 is 17.0 Å². The molecule has 0 bridgehead atoms. The fourth-order valence-corrected chi connectivity index (χ4v) is 3.76. The summed E-state index contributed by atoms with van der Waals surface area (Å²) < 4.78 is 0. The van der Waals surface area contributed by atoms with Gasteiger partial charge < -0.3 is 51.4 Å². The summed E-state index contributed by atoms with van der Waals surface area (Å²) in [6, 6.07) is 0. The van der Waals surface area contributed by atoms with Crippen LogP contribution in [0.5, 0.6) is 0 Å². The number of hydrogen-bond acceptors (Lipinski definition) is 10. The summed E-state index contributed by atoms with van der Waals surface area (Å²) >= 11 is 0. The largest absolute Gasteiger partial charge is 1.00 e. The van der Waals surface area contributed by atoms with Gasteiger partial charge in [-0.1, -0.05) is 90.4 Å². The van der Waals surface area contributed by atoms with E-state index in [4.69, 9.17) is 41.5 Å². The van der Waals surface area contributed by atoms with Crippen molar-refractivity contribution in [2.24, 2.45) is 5.73 Å². The molecule has 45 heavy (non-hydrogen) atoms. The molecule has 9 N–H and O–H groups in total. The maximum Gasteiger partial charge on any atom is 1.00 e. The van der Waals surface area contributed by atoms with Gasteiger partial charge in [0.1, 0.15) is 0 Å². The molecule has 17 heteroatoms. The van der Waals surface area contributed by atoms with Crippen molar-refractivity contribution in [3.8, 4) is 0 Å². The fraction of sp³-hybridized carbons (Fsp3) is 0.786. The van der Waals surface area contributed by atoms with Crippen LogP contribution in [0.25, 0.3) is 0 Å². The summed E-state index contributed by atoms with van der Waals surface area (Å²) in [6.07, 6.45) is 15.1. The van der Waals surface area contributed by atoms with Crippen LogP contribution in [0.1, 0.15) is 122 Å². The van der Waals surface area contributed by atoms with Gasteiger partial charge in [-0.15, -0.1) is 17.0 Å². The molecule has 1 atom stereocenters. The SMILES string of the molecule is Br.CCCCCCCCCCCCCCCCN.O=C(O)CC(O)(CC(=O)O)C(=O)O.O=C([O-])CC(O)(CC(=O)O)C(=O)O.[Na+]. The number of carbonyl (C=O) groups is 6. The normalized spacial score (nSPS) is 11.5. The quantitative estimate of drug-likeness (QED) is 0.0445. The molecule has 0 saturated heterocycles. The van der Waals surface area contributed by atoms with Crippen molar-refractivity contribution in [3.05, 3.63) is 0 Å². The molecule has 260 valence electrons. The van der Waals surface area contributed by atoms with Gasteiger partial charge in [0.15, 0.2) is 11.2 Å². The number of aliphatic hydroxyl groups is 2. The average molecular weight is 729 g/mol. The van der Waals surface area contributed by atoms with E-state index in [0.29, 0.717) is 0 Å². The van der Waals surface area contributed by atoms with Gasteiger partial charge in [0.05, 0.1) is 19.3 Å². The zero-order chi connectivity index (χ0) is 33.9. The molecule has 0 aliphatic rings. The van der Waals surface area contributed by atoms with Crippen molar-refractivity contribution in [2.45, 2.75) is 134 Å². The van der Waals surface area contributed by atoms with Gasteiger partial charge in [-0.25, -0.2) is 9.59 Å². The van der Waals surface area contributed by atoms with E-state index >= 15 is 0 Å². The Kier molecular flexibility index (Phi) is 37.6. The average Bonchev–Trinajstić information content (AvgIpc) is 2.85. The first-order valence-electron chi connectivity index (χ1n) is 14.4. The molecule has 0 radical (unpaired) electrons. The van der Waals surface area contributed by atoms with E-state index in [1.54, 1.807) is 0 Å². The summed E-state index contributed by atoms with van der Waals surface area (Å²) in [5.41, 5.74) is -0.0716. The standard InChI is InChI=1S/C16H35N.2C6H8O7.BrH.Na/c1-2-3-4-5-6-7-8-9-10-11-12-13-14-15-16-17;2*7-3(8)1-6(13,5(11)12)2-4(9)10;;/h2-17H2,1H3;2*13H,1-2H2,(H,7,8)(H,9,10)(H,11,12);1H;/q;;;;+1/p-1. The van der Waals surface area contributed by atoms with Crippen molar-refractivity contribution < 1.29 is 99.2 Å². The van der Waals surface area contributed by atoms with Crippen molar-refractivity contribution >= 4 is 52.8 Å². The molecule has 0 aromatic carbocycles. The summed E-state index contributed by atoms with van der Waals surface area (Å²) in [6.45, 7) is 3.16. The second-order valence-corrected chi connectivity index (χ2v) is 10.3. The number of rotatable bonds is 24. The molecular weight excluding hydrogens is 677 g/mol. The zero-order valence-electron chi connectivity index (χ0n) is 26.4. The molecule has 0 aromatic heterocycles. The first kappa shape index (κ1) is 52.7. The topological polar surface area (TPSA) is 293 Å². The Hall–Kier alpha value is -1.82. The maximum absolute atomic E-state index is 10.3. The third-order valence-corrected chi connectivity index (χ3v) is 6.12. The minimum absolute atomic E-state index is 0. The Morgan fingerprint density at radius 2 is 0.778 bits per heavy atom. The van der Waals surface area contributed by atoms with Crippen LogP contribution in [0.15, 0.2) is 0 Å². The Morgan fingerprint density at radius 3 is 0.978 bits per heavy atom. The number of nitrogens with two attached hydrogens (primary N) is 1. The van der Waals surface area contributed by atoms with Gasteiger partial charge in [0.2, 0.25) is 0 Å². The first-order valence-corrected chi connectivity index (χ1v) is 14.4. The van der Waals surface area contributed by atoms with Crippen LogP contribution in [-0.2, 0) is 28.8 Å². The van der Waals surface area contributed by atoms with Gasteiger partial charge in [-0.2, -0.15) is 0 Å². The van der Waals surface area contributed by atoms with E-state index in [9.17, 15) is 33.9 Å². The summed E-state index contributed by atoms with van der Waals surface area (Å²) in [5.74, 6) is -10.4. The van der Waals surface area contributed by atoms with Crippen LogP contribution in [0.3, 0.4) is 0 Å². The Balaban J connectivity index is -0.000000176. The number of carboxylic acid groups (broad SMARTS) is 6. The van der Waals surface area contributed by atoms with Gasteiger partial charge in [-0.05, 0) is 13.0 Å². The molecule has 0 fully saturated rings. The number of carbonyl (C=O) groups excluding carboxylic acids is 1. The molecule has 0 heterocycles. The number of carboxylic acids is 6. The van der Waals surface area contributed by atoms with Crippen molar-refractivity contribution in [2.75, 3.05) is 6.54 Å². The van der Waals surface area contributed by atoms with Gasteiger partial charge >= 0.3 is 59.4 Å². The third kappa shape index (κ3) is 34.9. The van der Waals surface area contributed by atoms with E-state index in [2.05, 4.69) is 6.92 Å². The zero-order valence-corrected chi connectivity index (χ0v) is 30.1. The third-order valence-electron chi connectivity index (χ3n) is 6.12. The number of halogens is 1. The Labute approximate surface area is 296 Å². The van der Waals surface area contributed by atoms with E-state index < -0.39 is 72.7 Å². The van der Waals surface area contributed by atoms with Crippen LogP contribution < -0.4 is 40.4 Å². The van der Waals surface area contributed by atoms with E-state index in [-0.39, 0.29) is 46.5 Å². The monoisotopic (exact) mass is 727 g/mol. The second-order valence-electron chi connectivity index (χ2n) is 10.3. The molecule has 0 amide bonds. The number of hydrogen-bond donors (Lipinski definition) is 8. The van der Waals surface area contributed by atoms with E-state index in [1.165, 1.54) is 89.9 Å². The predicted octanol–water partition coefficient (Wildman–Crippen LogP) is -0.823. The maximum atomic E-state index is 10.3. The summed E-state index contributed by atoms with van der Waals surface area (Å²) in [7, 11) is 0. The molecule has 1 unspecified atom stereocenters. The van der Waals surface area contributed by atoms with E-state index in [0.717, 1.165) is 6.54 Å². The van der Waals surface area contributed by atoms with Crippen molar-refractivity contribution in [1.29, 1.82) is 0 Å². The molecule has 0 saturated carbocycles. The molecule has 0 aliphatic heterocycles. The Bertz CT molecular complexity index is 746. The Morgan fingerprint density at radius 1 is 0.533 bits per heavy atom. The van der Waals surface area contributed by atoms with Crippen LogP contribution in [0, 0.1) is 0 Å². The molecule has 0 spiro atoms. The fourth-order valence-electron chi connectivity index (χ4n) is 3.76. The molecule has 0 aliphatic carbocycles. The predicted molar refractivity (Wildman–Crippen MR) is 161 cm³/mol. The minimum Gasteiger partial charge on any atom is -0.550 e. The molecular formula is C28H51BrNNaO14. The first-order chi connectivity index (χ1) is 20.0.